The zero-order valence-corrected chi connectivity index (χ0v) is 10.4. The molecule has 0 spiro atoms. The normalized spacial score (nSPS) is 15.5. The average Bonchev–Trinajstić information content (AvgIpc) is 2.40. The molecule has 0 saturated heterocycles. The molecule has 0 saturated carbocycles. The van der Waals surface area contributed by atoms with Gasteiger partial charge < -0.3 is 9.47 Å². The fraction of sp³-hybridized carbons (Fsp3) is 0.467. The van der Waals surface area contributed by atoms with Crippen molar-refractivity contribution in [2.24, 2.45) is 0 Å². The van der Waals surface area contributed by atoms with Crippen molar-refractivity contribution >= 4 is 0 Å². The topological polar surface area (TPSA) is 18.5 Å². The molecular weight excluding hydrogens is 212 g/mol. The van der Waals surface area contributed by atoms with Crippen LogP contribution >= 0.6 is 0 Å². The second-order valence-corrected chi connectivity index (χ2v) is 4.23. The SMILES string of the molecule is CCc1ccccc1CCOC1=CCCOC1. The molecule has 1 aromatic carbocycles. The number of benzene rings is 1. The van der Waals surface area contributed by atoms with Crippen LogP contribution in [0.25, 0.3) is 0 Å². The Morgan fingerprint density at radius 3 is 2.76 bits per heavy atom. The predicted octanol–water partition coefficient (Wildman–Crippen LogP) is 3.11. The molecule has 0 aliphatic carbocycles. The van der Waals surface area contributed by atoms with Crippen molar-refractivity contribution < 1.29 is 9.47 Å². The Morgan fingerprint density at radius 1 is 1.24 bits per heavy atom. The van der Waals surface area contributed by atoms with Crippen LogP contribution in [0.1, 0.15) is 24.5 Å². The molecule has 0 N–H and O–H groups in total. The molecule has 2 heteroatoms. The summed E-state index contributed by atoms with van der Waals surface area (Å²) in [5, 5.41) is 0. The van der Waals surface area contributed by atoms with E-state index in [0.717, 1.165) is 38.2 Å². The van der Waals surface area contributed by atoms with Crippen molar-refractivity contribution in [2.75, 3.05) is 19.8 Å². The molecule has 0 unspecified atom stereocenters. The molecule has 0 radical (unpaired) electrons. The average molecular weight is 232 g/mol. The van der Waals surface area contributed by atoms with Gasteiger partial charge in [0.1, 0.15) is 12.4 Å². The van der Waals surface area contributed by atoms with Crippen LogP contribution in [-0.2, 0) is 22.3 Å². The molecule has 0 atom stereocenters. The van der Waals surface area contributed by atoms with Gasteiger partial charge in [0.25, 0.3) is 0 Å². The molecule has 1 heterocycles. The largest absolute Gasteiger partial charge is 0.495 e. The second kappa shape index (κ2) is 6.45. The first-order valence-corrected chi connectivity index (χ1v) is 6.36. The Morgan fingerprint density at radius 2 is 2.06 bits per heavy atom. The number of hydrogen-bond donors (Lipinski definition) is 0. The van der Waals surface area contributed by atoms with Crippen LogP contribution in [-0.4, -0.2) is 19.8 Å². The molecule has 1 aliphatic heterocycles. The lowest BCUT2D eigenvalue weighted by molar-refractivity contribution is 0.0861. The smallest absolute Gasteiger partial charge is 0.118 e. The lowest BCUT2D eigenvalue weighted by atomic mass is 10.0. The molecular formula is C15H20O2. The first kappa shape index (κ1) is 12.2. The summed E-state index contributed by atoms with van der Waals surface area (Å²) in [6.07, 6.45) is 5.17. The second-order valence-electron chi connectivity index (χ2n) is 4.23. The zero-order valence-electron chi connectivity index (χ0n) is 10.4. The highest BCUT2D eigenvalue weighted by Gasteiger charge is 2.05. The highest BCUT2D eigenvalue weighted by molar-refractivity contribution is 5.27. The van der Waals surface area contributed by atoms with Gasteiger partial charge >= 0.3 is 0 Å². The van der Waals surface area contributed by atoms with E-state index in [0.29, 0.717) is 6.61 Å². The van der Waals surface area contributed by atoms with Gasteiger partial charge in [0.2, 0.25) is 0 Å². The molecule has 0 fully saturated rings. The van der Waals surface area contributed by atoms with E-state index in [9.17, 15) is 0 Å². The van der Waals surface area contributed by atoms with Crippen LogP contribution in [0.2, 0.25) is 0 Å². The maximum absolute atomic E-state index is 5.72. The van der Waals surface area contributed by atoms with Gasteiger partial charge in [-0.2, -0.15) is 0 Å². The summed E-state index contributed by atoms with van der Waals surface area (Å²) in [6.45, 7) is 4.39. The van der Waals surface area contributed by atoms with Gasteiger partial charge in [-0.25, -0.2) is 0 Å². The van der Waals surface area contributed by atoms with E-state index in [1.165, 1.54) is 11.1 Å². The highest BCUT2D eigenvalue weighted by Crippen LogP contribution is 2.12. The van der Waals surface area contributed by atoms with Gasteiger partial charge in [-0.15, -0.1) is 0 Å². The number of aryl methyl sites for hydroxylation is 1. The van der Waals surface area contributed by atoms with Gasteiger partial charge in [-0.3, -0.25) is 0 Å². The summed E-state index contributed by atoms with van der Waals surface area (Å²) in [7, 11) is 0. The van der Waals surface area contributed by atoms with Crippen molar-refractivity contribution in [3.63, 3.8) is 0 Å². The molecule has 2 nitrogen and oxygen atoms in total. The zero-order chi connectivity index (χ0) is 11.9. The summed E-state index contributed by atoms with van der Waals surface area (Å²) in [5.41, 5.74) is 2.82. The van der Waals surface area contributed by atoms with E-state index < -0.39 is 0 Å². The van der Waals surface area contributed by atoms with Gasteiger partial charge in [-0.05, 0) is 30.0 Å². The lowest BCUT2D eigenvalue weighted by Crippen LogP contribution is -2.10. The Kier molecular flexibility index (Phi) is 4.63. The van der Waals surface area contributed by atoms with Crippen molar-refractivity contribution in [1.82, 2.24) is 0 Å². The monoisotopic (exact) mass is 232 g/mol. The maximum atomic E-state index is 5.72. The Balaban J connectivity index is 1.83. The van der Waals surface area contributed by atoms with Crippen LogP contribution in [0.3, 0.4) is 0 Å². The van der Waals surface area contributed by atoms with E-state index >= 15 is 0 Å². The minimum atomic E-state index is 0.634. The summed E-state index contributed by atoms with van der Waals surface area (Å²) < 4.78 is 11.1. The highest BCUT2D eigenvalue weighted by atomic mass is 16.5. The van der Waals surface area contributed by atoms with Crippen LogP contribution in [0.4, 0.5) is 0 Å². The summed E-state index contributed by atoms with van der Waals surface area (Å²) in [4.78, 5) is 0. The van der Waals surface area contributed by atoms with Crippen LogP contribution < -0.4 is 0 Å². The molecule has 1 aliphatic rings. The molecule has 17 heavy (non-hydrogen) atoms. The summed E-state index contributed by atoms with van der Waals surface area (Å²) >= 11 is 0. The Bertz CT molecular complexity index is 382. The van der Waals surface area contributed by atoms with Crippen molar-refractivity contribution in [2.45, 2.75) is 26.2 Å². The summed E-state index contributed by atoms with van der Waals surface area (Å²) in [6, 6.07) is 8.57. The van der Waals surface area contributed by atoms with Crippen molar-refractivity contribution in [3.8, 4) is 0 Å². The molecule has 2 rings (SSSR count). The first-order chi connectivity index (χ1) is 8.40. The number of ether oxygens (including phenoxy) is 2. The standard InChI is InChI=1S/C15H20O2/c1-2-13-6-3-4-7-14(13)9-11-17-15-8-5-10-16-12-15/h3-4,6-8H,2,5,9-12H2,1H3. The third kappa shape index (κ3) is 3.60. The molecule has 1 aromatic rings. The van der Waals surface area contributed by atoms with Crippen LogP contribution in [0, 0.1) is 0 Å². The minimum absolute atomic E-state index is 0.634. The Hall–Kier alpha value is -1.28. The van der Waals surface area contributed by atoms with E-state index in [-0.39, 0.29) is 0 Å². The van der Waals surface area contributed by atoms with E-state index in [1.54, 1.807) is 0 Å². The maximum Gasteiger partial charge on any atom is 0.118 e. The summed E-state index contributed by atoms with van der Waals surface area (Å²) in [5.74, 6) is 0.991. The molecule has 0 amide bonds. The minimum Gasteiger partial charge on any atom is -0.495 e. The molecule has 92 valence electrons. The Labute approximate surface area is 103 Å². The van der Waals surface area contributed by atoms with Crippen LogP contribution in [0.5, 0.6) is 0 Å². The third-order valence-corrected chi connectivity index (χ3v) is 3.04. The fourth-order valence-corrected chi connectivity index (χ4v) is 2.07. The van der Waals surface area contributed by atoms with Crippen molar-refractivity contribution in [1.29, 1.82) is 0 Å². The molecule has 0 bridgehead atoms. The van der Waals surface area contributed by atoms with E-state index in [4.69, 9.17) is 9.47 Å². The molecule has 0 aromatic heterocycles. The quantitative estimate of drug-likeness (QED) is 0.776. The predicted molar refractivity (Wildman–Crippen MR) is 69.0 cm³/mol. The van der Waals surface area contributed by atoms with E-state index in [2.05, 4.69) is 37.3 Å². The third-order valence-electron chi connectivity index (χ3n) is 3.04. The van der Waals surface area contributed by atoms with Crippen molar-refractivity contribution in [3.05, 3.63) is 47.2 Å². The van der Waals surface area contributed by atoms with Gasteiger partial charge in [-0.1, -0.05) is 31.2 Å². The number of rotatable bonds is 5. The van der Waals surface area contributed by atoms with Gasteiger partial charge in [0.15, 0.2) is 0 Å². The first-order valence-electron chi connectivity index (χ1n) is 6.36. The fourth-order valence-electron chi connectivity index (χ4n) is 2.07. The lowest BCUT2D eigenvalue weighted by Gasteiger charge is -2.15. The van der Waals surface area contributed by atoms with Gasteiger partial charge in [0.05, 0.1) is 13.2 Å². The van der Waals surface area contributed by atoms with Gasteiger partial charge in [0, 0.05) is 6.42 Å². The number of hydrogen-bond acceptors (Lipinski definition) is 2. The van der Waals surface area contributed by atoms with Crippen LogP contribution in [0.15, 0.2) is 36.1 Å². The van der Waals surface area contributed by atoms with E-state index in [1.807, 2.05) is 0 Å².